The molecule has 0 radical (unpaired) electrons. The fourth-order valence-corrected chi connectivity index (χ4v) is 7.95. The Balaban J connectivity index is 1.35. The van der Waals surface area contributed by atoms with E-state index in [-0.39, 0.29) is 26.9 Å². The van der Waals surface area contributed by atoms with Gasteiger partial charge in [0.2, 0.25) is 0 Å². The van der Waals surface area contributed by atoms with Crippen molar-refractivity contribution in [3.05, 3.63) is 38.8 Å². The number of rotatable bonds is 3. The van der Waals surface area contributed by atoms with Crippen molar-refractivity contribution >= 4 is 28.3 Å². The van der Waals surface area contributed by atoms with Crippen LogP contribution in [0.15, 0.2) is 34.0 Å². The van der Waals surface area contributed by atoms with E-state index >= 15 is 0 Å². The molecule has 0 amide bonds. The molecule has 3 fully saturated rings. The molecule has 166 valence electrons. The highest BCUT2D eigenvalue weighted by atomic mass is 32.1. The van der Waals surface area contributed by atoms with Crippen LogP contribution in [0.3, 0.4) is 0 Å². The number of hydrogen-bond donors (Lipinski definition) is 1. The first-order chi connectivity index (χ1) is 14.8. The van der Waals surface area contributed by atoms with Crippen LogP contribution >= 0.6 is 11.3 Å². The van der Waals surface area contributed by atoms with Crippen molar-refractivity contribution in [1.29, 1.82) is 0 Å². The Morgan fingerprint density at radius 2 is 1.97 bits per heavy atom. The lowest BCUT2D eigenvalue weighted by Crippen LogP contribution is -2.50. The molecule has 6 atom stereocenters. The highest BCUT2D eigenvalue weighted by Gasteiger charge is 2.57. The first-order valence-electron chi connectivity index (χ1n) is 11.5. The van der Waals surface area contributed by atoms with Gasteiger partial charge in [-0.1, -0.05) is 36.8 Å². The second-order valence-electron chi connectivity index (χ2n) is 10.4. The number of aliphatic hydroxyl groups excluding tert-OH is 1. The predicted octanol–water partition coefficient (Wildman–Crippen LogP) is 5.75. The van der Waals surface area contributed by atoms with Crippen LogP contribution in [0.5, 0.6) is 0 Å². The summed E-state index contributed by atoms with van der Waals surface area (Å²) < 4.78 is 0. The predicted molar refractivity (Wildman–Crippen MR) is 124 cm³/mol. The van der Waals surface area contributed by atoms with Crippen molar-refractivity contribution in [2.45, 2.75) is 71.3 Å². The van der Waals surface area contributed by atoms with Crippen LogP contribution in [0, 0.1) is 38.7 Å². The van der Waals surface area contributed by atoms with Gasteiger partial charge in [-0.2, -0.15) is 10.2 Å². The molecule has 0 aliphatic heterocycles. The molecule has 1 N–H and O–H groups in total. The summed E-state index contributed by atoms with van der Waals surface area (Å²) >= 11 is 1.13. The maximum absolute atomic E-state index is 10.9. The SMILES string of the molecule is C[C@]12CC[C@@H](O)CC1=CC[C@H]1[C@H]2CC[C@]2(C)/C(=N\N=C/c3ccc([N+](=O)[O-])s3)CC[C@H]12. The van der Waals surface area contributed by atoms with Crippen LogP contribution in [0.2, 0.25) is 0 Å². The van der Waals surface area contributed by atoms with Crippen molar-refractivity contribution in [1.82, 2.24) is 0 Å². The Kier molecular flexibility index (Phi) is 5.17. The molecule has 4 aliphatic carbocycles. The summed E-state index contributed by atoms with van der Waals surface area (Å²) in [6, 6.07) is 3.24. The van der Waals surface area contributed by atoms with Crippen LogP contribution in [0.25, 0.3) is 0 Å². The van der Waals surface area contributed by atoms with E-state index in [1.165, 1.54) is 30.2 Å². The molecule has 0 bridgehead atoms. The summed E-state index contributed by atoms with van der Waals surface area (Å²) in [7, 11) is 0. The van der Waals surface area contributed by atoms with Gasteiger partial charge >= 0.3 is 5.00 Å². The minimum absolute atomic E-state index is 0.107. The lowest BCUT2D eigenvalue weighted by Gasteiger charge is -2.57. The van der Waals surface area contributed by atoms with Crippen molar-refractivity contribution in [2.75, 3.05) is 0 Å². The van der Waals surface area contributed by atoms with E-state index in [1.54, 1.807) is 12.3 Å². The second-order valence-corrected chi connectivity index (χ2v) is 11.5. The van der Waals surface area contributed by atoms with E-state index in [4.69, 9.17) is 0 Å². The highest BCUT2D eigenvalue weighted by Crippen LogP contribution is 2.64. The topological polar surface area (TPSA) is 88.1 Å². The smallest absolute Gasteiger partial charge is 0.324 e. The third kappa shape index (κ3) is 3.41. The fourth-order valence-electron chi connectivity index (χ4n) is 7.26. The number of nitro groups is 1. The summed E-state index contributed by atoms with van der Waals surface area (Å²) in [5.41, 5.74) is 3.08. The van der Waals surface area contributed by atoms with Gasteiger partial charge in [0.05, 0.1) is 22.1 Å². The minimum Gasteiger partial charge on any atom is -0.393 e. The zero-order chi connectivity index (χ0) is 21.8. The molecule has 0 saturated heterocycles. The fraction of sp³-hybridized carbons (Fsp3) is 0.667. The van der Waals surface area contributed by atoms with Crippen LogP contribution < -0.4 is 0 Å². The second kappa shape index (κ2) is 7.62. The Hall–Kier alpha value is -1.86. The van der Waals surface area contributed by atoms with E-state index in [2.05, 4.69) is 30.1 Å². The van der Waals surface area contributed by atoms with Gasteiger partial charge in [-0.15, -0.1) is 0 Å². The monoisotopic (exact) mass is 441 g/mol. The molecule has 0 spiro atoms. The molecule has 0 aromatic carbocycles. The van der Waals surface area contributed by atoms with E-state index in [9.17, 15) is 15.2 Å². The van der Waals surface area contributed by atoms with E-state index in [0.29, 0.717) is 17.8 Å². The van der Waals surface area contributed by atoms with Gasteiger partial charge in [0.15, 0.2) is 0 Å². The molecule has 31 heavy (non-hydrogen) atoms. The number of allylic oxidation sites excluding steroid dienone is 1. The molecular weight excluding hydrogens is 410 g/mol. The van der Waals surface area contributed by atoms with E-state index in [1.807, 2.05) is 0 Å². The molecular formula is C24H31N3O3S. The van der Waals surface area contributed by atoms with E-state index in [0.717, 1.165) is 54.7 Å². The summed E-state index contributed by atoms with van der Waals surface area (Å²) in [6.07, 6.45) is 12.6. The quantitative estimate of drug-likeness (QED) is 0.280. The third-order valence-electron chi connectivity index (χ3n) is 8.97. The molecule has 7 heteroatoms. The number of fused-ring (bicyclic) bond motifs is 5. The summed E-state index contributed by atoms with van der Waals surface area (Å²) in [5.74, 6) is 2.05. The van der Waals surface area contributed by atoms with Gasteiger partial charge < -0.3 is 5.11 Å². The Morgan fingerprint density at radius 1 is 1.19 bits per heavy atom. The number of nitrogens with zero attached hydrogens (tertiary/aromatic N) is 3. The summed E-state index contributed by atoms with van der Waals surface area (Å²) in [6.45, 7) is 4.84. The standard InChI is InChI=1S/C24H31N3O3S/c1-23-11-9-16(28)13-15(23)3-5-18-19-6-7-21(24(19,2)12-10-20(18)23)26-25-14-17-4-8-22(31-17)27(29)30/h3-4,8,14,16,18-20,28H,5-7,9-13H2,1-2H3/b25-14-,26-21-/t16-,18-,19-,20-,23+,24+/m1/s1. The van der Waals surface area contributed by atoms with Gasteiger partial charge in [0.25, 0.3) is 0 Å². The normalized spacial score (nSPS) is 41.0. The molecule has 5 rings (SSSR count). The third-order valence-corrected chi connectivity index (χ3v) is 9.95. The van der Waals surface area contributed by atoms with Gasteiger partial charge in [0.1, 0.15) is 0 Å². The van der Waals surface area contributed by atoms with Gasteiger partial charge in [-0.25, -0.2) is 0 Å². The summed E-state index contributed by atoms with van der Waals surface area (Å²) in [4.78, 5) is 11.3. The van der Waals surface area contributed by atoms with Crippen molar-refractivity contribution in [3.8, 4) is 0 Å². The van der Waals surface area contributed by atoms with Crippen LogP contribution in [0.4, 0.5) is 5.00 Å². The average Bonchev–Trinajstić information content (AvgIpc) is 3.33. The highest BCUT2D eigenvalue weighted by molar-refractivity contribution is 7.16. The number of hydrogen-bond acceptors (Lipinski definition) is 6. The molecule has 3 saturated carbocycles. The lowest BCUT2D eigenvalue weighted by molar-refractivity contribution is -0.380. The first-order valence-corrected chi connectivity index (χ1v) is 12.3. The molecule has 1 aromatic heterocycles. The maximum Gasteiger partial charge on any atom is 0.324 e. The zero-order valence-electron chi connectivity index (χ0n) is 18.3. The van der Waals surface area contributed by atoms with Crippen LogP contribution in [-0.2, 0) is 0 Å². The summed E-state index contributed by atoms with van der Waals surface area (Å²) in [5, 5.41) is 30.2. The Morgan fingerprint density at radius 3 is 2.74 bits per heavy atom. The van der Waals surface area contributed by atoms with Crippen molar-refractivity contribution in [3.63, 3.8) is 0 Å². The van der Waals surface area contributed by atoms with Gasteiger partial charge in [-0.05, 0) is 80.6 Å². The zero-order valence-corrected chi connectivity index (χ0v) is 19.1. The van der Waals surface area contributed by atoms with E-state index < -0.39 is 0 Å². The lowest BCUT2D eigenvalue weighted by atomic mass is 9.48. The number of thiophene rings is 1. The molecule has 6 nitrogen and oxygen atoms in total. The Labute approximate surface area is 187 Å². The first kappa shape index (κ1) is 21.0. The van der Waals surface area contributed by atoms with Crippen molar-refractivity contribution < 1.29 is 10.0 Å². The van der Waals surface area contributed by atoms with Gasteiger partial charge in [0, 0.05) is 17.2 Å². The number of aliphatic hydroxyl groups is 1. The minimum atomic E-state index is -0.369. The average molecular weight is 442 g/mol. The van der Waals surface area contributed by atoms with Gasteiger partial charge in [-0.3, -0.25) is 10.1 Å². The van der Waals surface area contributed by atoms with Crippen LogP contribution in [-0.4, -0.2) is 28.1 Å². The van der Waals surface area contributed by atoms with Crippen LogP contribution in [0.1, 0.15) is 70.1 Å². The molecule has 0 unspecified atom stereocenters. The van der Waals surface area contributed by atoms with Crippen molar-refractivity contribution in [2.24, 2.45) is 38.8 Å². The molecule has 4 aliphatic rings. The largest absolute Gasteiger partial charge is 0.393 e. The molecule has 1 aromatic rings. The molecule has 1 heterocycles. The maximum atomic E-state index is 10.9. The Bertz CT molecular complexity index is 982.